The monoisotopic (exact) mass is 403 g/mol. The Bertz CT molecular complexity index is 953. The number of benzene rings is 1. The number of fused-ring (bicyclic) bond motifs is 1. The number of nitrogens with zero attached hydrogens (tertiary/aromatic N) is 4. The number of hydrogen-bond acceptors (Lipinski definition) is 7. The molecule has 0 fully saturated rings. The maximum absolute atomic E-state index is 9.50. The molecule has 1 atom stereocenters. The van der Waals surface area contributed by atoms with Crippen LogP contribution in [-0.2, 0) is 6.54 Å². The van der Waals surface area contributed by atoms with Gasteiger partial charge in [0.1, 0.15) is 0 Å². The van der Waals surface area contributed by atoms with Gasteiger partial charge in [0.15, 0.2) is 17.0 Å². The summed E-state index contributed by atoms with van der Waals surface area (Å²) in [6.45, 7) is 6.58. The lowest BCUT2D eigenvalue weighted by molar-refractivity contribution is 0.271. The van der Waals surface area contributed by atoms with Crippen LogP contribution in [0.15, 0.2) is 24.5 Å². The van der Waals surface area contributed by atoms with E-state index >= 15 is 0 Å². The number of rotatable bonds is 8. The molecule has 1 aromatic carbocycles. The zero-order valence-corrected chi connectivity index (χ0v) is 17.0. The SMILES string of the molecule is CCC(CO)Nc1nc(NCc2cccc(Cl)c2N)c2ncn(C(C)C)c2n1. The van der Waals surface area contributed by atoms with E-state index in [9.17, 15) is 5.11 Å². The van der Waals surface area contributed by atoms with Crippen LogP contribution in [0.1, 0.15) is 38.8 Å². The molecule has 28 heavy (non-hydrogen) atoms. The van der Waals surface area contributed by atoms with Gasteiger partial charge in [-0.05, 0) is 31.9 Å². The summed E-state index contributed by atoms with van der Waals surface area (Å²) in [5.41, 5.74) is 8.89. The first-order valence-electron chi connectivity index (χ1n) is 9.33. The Morgan fingerprint density at radius 2 is 2.07 bits per heavy atom. The first kappa shape index (κ1) is 20.2. The van der Waals surface area contributed by atoms with Gasteiger partial charge in [0.05, 0.1) is 29.7 Å². The third-order valence-electron chi connectivity index (χ3n) is 4.61. The molecule has 3 aromatic rings. The summed E-state index contributed by atoms with van der Waals surface area (Å²) >= 11 is 6.12. The number of nitrogens with two attached hydrogens (primary N) is 1. The van der Waals surface area contributed by atoms with Crippen molar-refractivity contribution in [1.82, 2.24) is 19.5 Å². The van der Waals surface area contributed by atoms with Crippen LogP contribution in [0.2, 0.25) is 5.02 Å². The summed E-state index contributed by atoms with van der Waals surface area (Å²) in [6, 6.07) is 5.61. The standard InChI is InChI=1S/C19H26ClN7O/c1-4-13(9-28)24-19-25-17(16-18(26-19)27(10-23-16)11(2)3)22-8-12-6-5-7-14(20)15(12)21/h5-7,10-11,13,28H,4,8-9,21H2,1-3H3,(H2,22,24,25,26). The van der Waals surface area contributed by atoms with Crippen molar-refractivity contribution in [3.05, 3.63) is 35.1 Å². The molecule has 2 heterocycles. The number of anilines is 3. The Kier molecular flexibility index (Phi) is 6.21. The number of imidazole rings is 1. The smallest absolute Gasteiger partial charge is 0.227 e. The second-order valence-electron chi connectivity index (χ2n) is 6.91. The summed E-state index contributed by atoms with van der Waals surface area (Å²) < 4.78 is 1.99. The van der Waals surface area contributed by atoms with Crippen molar-refractivity contribution in [1.29, 1.82) is 0 Å². The maximum Gasteiger partial charge on any atom is 0.227 e. The number of aliphatic hydroxyl groups excluding tert-OH is 1. The van der Waals surface area contributed by atoms with Crippen molar-refractivity contribution < 1.29 is 5.11 Å². The Balaban J connectivity index is 1.98. The van der Waals surface area contributed by atoms with Crippen LogP contribution in [-0.4, -0.2) is 37.3 Å². The van der Waals surface area contributed by atoms with Crippen molar-refractivity contribution in [2.45, 2.75) is 45.8 Å². The molecule has 0 bridgehead atoms. The van der Waals surface area contributed by atoms with Crippen molar-refractivity contribution in [3.63, 3.8) is 0 Å². The summed E-state index contributed by atoms with van der Waals surface area (Å²) in [7, 11) is 0. The molecule has 0 spiro atoms. The first-order chi connectivity index (χ1) is 13.4. The largest absolute Gasteiger partial charge is 0.397 e. The molecule has 150 valence electrons. The van der Waals surface area contributed by atoms with Crippen LogP contribution in [0, 0.1) is 0 Å². The summed E-state index contributed by atoms with van der Waals surface area (Å²) in [6.07, 6.45) is 2.51. The van der Waals surface area contributed by atoms with Crippen molar-refractivity contribution in [2.24, 2.45) is 0 Å². The molecule has 2 aromatic heterocycles. The summed E-state index contributed by atoms with van der Waals surface area (Å²) in [4.78, 5) is 13.7. The highest BCUT2D eigenvalue weighted by Crippen LogP contribution is 2.26. The Labute approximate surface area is 169 Å². The molecule has 0 saturated heterocycles. The van der Waals surface area contributed by atoms with E-state index in [0.29, 0.717) is 34.5 Å². The minimum absolute atomic E-state index is 0.00312. The maximum atomic E-state index is 9.50. The lowest BCUT2D eigenvalue weighted by Gasteiger charge is -2.16. The van der Waals surface area contributed by atoms with Gasteiger partial charge in [-0.2, -0.15) is 9.97 Å². The van der Waals surface area contributed by atoms with E-state index in [2.05, 4.69) is 39.4 Å². The molecule has 1 unspecified atom stereocenters. The zero-order valence-electron chi connectivity index (χ0n) is 16.3. The molecule has 0 amide bonds. The van der Waals surface area contributed by atoms with Crippen LogP contribution in [0.4, 0.5) is 17.5 Å². The van der Waals surface area contributed by atoms with E-state index in [1.54, 1.807) is 12.4 Å². The number of para-hydroxylation sites is 1. The number of aliphatic hydroxyl groups is 1. The molecule has 3 rings (SSSR count). The van der Waals surface area contributed by atoms with Gasteiger partial charge in [-0.3, -0.25) is 0 Å². The number of aromatic nitrogens is 4. The van der Waals surface area contributed by atoms with Crippen molar-refractivity contribution in [2.75, 3.05) is 23.0 Å². The number of halogens is 1. The van der Waals surface area contributed by atoms with E-state index in [4.69, 9.17) is 17.3 Å². The van der Waals surface area contributed by atoms with E-state index in [0.717, 1.165) is 17.6 Å². The van der Waals surface area contributed by atoms with Gasteiger partial charge >= 0.3 is 0 Å². The molecular formula is C19H26ClN7O. The molecule has 8 nitrogen and oxygen atoms in total. The van der Waals surface area contributed by atoms with Gasteiger partial charge in [0.25, 0.3) is 0 Å². The zero-order chi connectivity index (χ0) is 20.3. The molecule has 0 aliphatic rings. The fraction of sp³-hybridized carbons (Fsp3) is 0.421. The Morgan fingerprint density at radius 1 is 1.29 bits per heavy atom. The highest BCUT2D eigenvalue weighted by Gasteiger charge is 2.16. The van der Waals surface area contributed by atoms with Gasteiger partial charge in [-0.25, -0.2) is 4.98 Å². The van der Waals surface area contributed by atoms with Crippen LogP contribution in [0.5, 0.6) is 0 Å². The molecular weight excluding hydrogens is 378 g/mol. The van der Waals surface area contributed by atoms with Gasteiger partial charge in [0, 0.05) is 12.6 Å². The van der Waals surface area contributed by atoms with Gasteiger partial charge in [-0.15, -0.1) is 0 Å². The number of nitrogens with one attached hydrogen (secondary N) is 2. The fourth-order valence-corrected chi connectivity index (χ4v) is 3.05. The fourth-order valence-electron chi connectivity index (χ4n) is 2.86. The third kappa shape index (κ3) is 4.13. The van der Waals surface area contributed by atoms with Crippen LogP contribution >= 0.6 is 11.6 Å². The van der Waals surface area contributed by atoms with E-state index in [-0.39, 0.29) is 18.7 Å². The normalized spacial score (nSPS) is 12.5. The minimum Gasteiger partial charge on any atom is -0.397 e. The van der Waals surface area contributed by atoms with Crippen LogP contribution in [0.25, 0.3) is 11.2 Å². The van der Waals surface area contributed by atoms with Gasteiger partial charge < -0.3 is 26.0 Å². The first-order valence-corrected chi connectivity index (χ1v) is 9.71. The highest BCUT2D eigenvalue weighted by atomic mass is 35.5. The predicted octanol–water partition coefficient (Wildman–Crippen LogP) is 3.44. The quantitative estimate of drug-likeness (QED) is 0.426. The third-order valence-corrected chi connectivity index (χ3v) is 4.94. The summed E-state index contributed by atoms with van der Waals surface area (Å²) in [5.74, 6) is 1.04. The van der Waals surface area contributed by atoms with Crippen molar-refractivity contribution in [3.8, 4) is 0 Å². The highest BCUT2D eigenvalue weighted by molar-refractivity contribution is 6.33. The average Bonchev–Trinajstić information content (AvgIpc) is 3.11. The lowest BCUT2D eigenvalue weighted by Crippen LogP contribution is -2.24. The molecule has 5 N–H and O–H groups in total. The average molecular weight is 404 g/mol. The minimum atomic E-state index is -0.121. The number of hydrogen-bond donors (Lipinski definition) is 4. The van der Waals surface area contributed by atoms with Crippen LogP contribution in [0.3, 0.4) is 0 Å². The topological polar surface area (TPSA) is 114 Å². The summed E-state index contributed by atoms with van der Waals surface area (Å²) in [5, 5.41) is 16.5. The van der Waals surface area contributed by atoms with E-state index in [1.165, 1.54) is 0 Å². The molecule has 0 aliphatic heterocycles. The molecule has 9 heteroatoms. The molecule has 0 saturated carbocycles. The number of nitrogen functional groups attached to an aromatic ring is 1. The Hall–Kier alpha value is -2.58. The second-order valence-corrected chi connectivity index (χ2v) is 7.32. The second kappa shape index (κ2) is 8.62. The Morgan fingerprint density at radius 3 is 2.75 bits per heavy atom. The van der Waals surface area contributed by atoms with Gasteiger partial charge in [-0.1, -0.05) is 30.7 Å². The lowest BCUT2D eigenvalue weighted by atomic mass is 10.2. The molecule has 0 aliphatic carbocycles. The van der Waals surface area contributed by atoms with Crippen molar-refractivity contribution >= 4 is 40.2 Å². The van der Waals surface area contributed by atoms with E-state index < -0.39 is 0 Å². The predicted molar refractivity (Wildman–Crippen MR) is 114 cm³/mol. The van der Waals surface area contributed by atoms with Crippen LogP contribution < -0.4 is 16.4 Å². The van der Waals surface area contributed by atoms with E-state index in [1.807, 2.05) is 23.6 Å². The molecule has 0 radical (unpaired) electrons. The van der Waals surface area contributed by atoms with Gasteiger partial charge in [0.2, 0.25) is 5.95 Å².